The molecule has 0 amide bonds. The normalized spacial score (nSPS) is 22.1. The van der Waals surface area contributed by atoms with E-state index in [1.807, 2.05) is 7.11 Å². The van der Waals surface area contributed by atoms with Gasteiger partial charge in [-0.1, -0.05) is 37.8 Å². The Hall–Kier alpha value is -0.0831. The minimum atomic E-state index is -1.00. The largest absolute Gasteiger partial charge is 0.419 e. The molecule has 0 N–H and O–H groups in total. The molecule has 0 radical (unpaired) electrons. The second-order valence-corrected chi connectivity index (χ2v) is 6.24. The molecule has 0 aromatic rings. The molecule has 1 fully saturated rings. The van der Waals surface area contributed by atoms with Crippen LogP contribution in [0.5, 0.6) is 0 Å². The highest BCUT2D eigenvalue weighted by Gasteiger charge is 2.17. The molecule has 0 spiro atoms. The highest BCUT2D eigenvalue weighted by atomic mass is 28.3. The van der Waals surface area contributed by atoms with Crippen molar-refractivity contribution in [2.24, 2.45) is 5.92 Å². The van der Waals surface area contributed by atoms with Crippen molar-refractivity contribution in [1.29, 1.82) is 0 Å². The van der Waals surface area contributed by atoms with Gasteiger partial charge in [-0.2, -0.15) is 0 Å². The van der Waals surface area contributed by atoms with Crippen LogP contribution in [0.3, 0.4) is 0 Å². The third-order valence-electron chi connectivity index (χ3n) is 2.86. The van der Waals surface area contributed by atoms with E-state index in [0.29, 0.717) is 0 Å². The lowest BCUT2D eigenvalue weighted by molar-refractivity contribution is 0.359. The summed E-state index contributed by atoms with van der Waals surface area (Å²) >= 11 is 0. The van der Waals surface area contributed by atoms with Crippen LogP contribution in [0.1, 0.15) is 32.1 Å². The predicted octanol–water partition coefficient (Wildman–Crippen LogP) is 2.66. The van der Waals surface area contributed by atoms with Gasteiger partial charge in [-0.15, -0.1) is 6.58 Å². The van der Waals surface area contributed by atoms with Gasteiger partial charge in [-0.3, -0.25) is 0 Å². The minimum absolute atomic E-state index is 0.952. The monoisotopic (exact) mass is 184 g/mol. The molecular formula is C10H20OSi. The van der Waals surface area contributed by atoms with Crippen molar-refractivity contribution in [3.63, 3.8) is 0 Å². The van der Waals surface area contributed by atoms with E-state index in [9.17, 15) is 0 Å². The quantitative estimate of drug-likeness (QED) is 0.610. The second kappa shape index (κ2) is 5.54. The van der Waals surface area contributed by atoms with Crippen molar-refractivity contribution in [2.45, 2.75) is 38.1 Å². The lowest BCUT2D eigenvalue weighted by atomic mass is 9.91. The zero-order valence-corrected chi connectivity index (χ0v) is 9.24. The van der Waals surface area contributed by atoms with Gasteiger partial charge in [-0.05, 0) is 12.0 Å². The van der Waals surface area contributed by atoms with Gasteiger partial charge in [0.1, 0.15) is 0 Å². The third kappa shape index (κ3) is 3.11. The van der Waals surface area contributed by atoms with Gasteiger partial charge in [0.15, 0.2) is 9.04 Å². The maximum Gasteiger partial charge on any atom is 0.200 e. The molecular weight excluding hydrogens is 164 g/mol. The molecule has 0 aromatic heterocycles. The van der Waals surface area contributed by atoms with E-state index < -0.39 is 9.04 Å². The van der Waals surface area contributed by atoms with Crippen LogP contribution in [0, 0.1) is 5.92 Å². The van der Waals surface area contributed by atoms with Crippen LogP contribution in [0.2, 0.25) is 6.04 Å². The number of rotatable bonds is 4. The van der Waals surface area contributed by atoms with E-state index >= 15 is 0 Å². The highest BCUT2D eigenvalue weighted by molar-refractivity contribution is 6.57. The minimum Gasteiger partial charge on any atom is -0.419 e. The molecule has 0 aromatic carbocycles. The fourth-order valence-electron chi connectivity index (χ4n) is 2.04. The van der Waals surface area contributed by atoms with Crippen molar-refractivity contribution >= 4 is 9.04 Å². The van der Waals surface area contributed by atoms with E-state index in [2.05, 4.69) is 12.3 Å². The fraction of sp³-hybridized carbons (Fsp3) is 0.800. The van der Waals surface area contributed by atoms with Crippen molar-refractivity contribution in [1.82, 2.24) is 0 Å². The Morgan fingerprint density at radius 2 is 2.08 bits per heavy atom. The van der Waals surface area contributed by atoms with Crippen LogP contribution < -0.4 is 0 Å². The smallest absolute Gasteiger partial charge is 0.200 e. The van der Waals surface area contributed by atoms with Crippen LogP contribution in [0.4, 0.5) is 0 Å². The van der Waals surface area contributed by atoms with Crippen LogP contribution in [0.25, 0.3) is 0 Å². The van der Waals surface area contributed by atoms with E-state index in [4.69, 9.17) is 4.43 Å². The van der Waals surface area contributed by atoms with Crippen LogP contribution >= 0.6 is 0 Å². The summed E-state index contributed by atoms with van der Waals surface area (Å²) in [4.78, 5) is 0. The summed E-state index contributed by atoms with van der Waals surface area (Å²) in [7, 11) is 0.833. The van der Waals surface area contributed by atoms with Gasteiger partial charge in [0, 0.05) is 7.11 Å². The van der Waals surface area contributed by atoms with E-state index in [-0.39, 0.29) is 0 Å². The molecule has 2 heteroatoms. The zero-order valence-electron chi connectivity index (χ0n) is 8.09. The molecule has 1 unspecified atom stereocenters. The Balaban J connectivity index is 2.22. The van der Waals surface area contributed by atoms with Crippen LogP contribution in [-0.4, -0.2) is 16.2 Å². The Kier molecular flexibility index (Phi) is 4.62. The summed E-state index contributed by atoms with van der Waals surface area (Å²) in [5, 5.41) is 0. The number of hydrogen-bond donors (Lipinski definition) is 0. The SMILES string of the molecule is C=C[SiH](CC1CCCCC1)OC. The average Bonchev–Trinajstić information content (AvgIpc) is 2.16. The van der Waals surface area contributed by atoms with Gasteiger partial charge in [0.05, 0.1) is 0 Å². The van der Waals surface area contributed by atoms with Gasteiger partial charge >= 0.3 is 0 Å². The molecule has 0 saturated heterocycles. The Morgan fingerprint density at radius 1 is 1.42 bits per heavy atom. The Morgan fingerprint density at radius 3 is 2.58 bits per heavy atom. The first-order valence-corrected chi connectivity index (χ1v) is 6.97. The Labute approximate surface area is 77.5 Å². The summed E-state index contributed by atoms with van der Waals surface area (Å²) in [6.45, 7) is 3.83. The van der Waals surface area contributed by atoms with E-state index in [1.54, 1.807) is 0 Å². The van der Waals surface area contributed by atoms with Crippen molar-refractivity contribution in [2.75, 3.05) is 7.11 Å². The molecule has 1 rings (SSSR count). The standard InChI is InChI=1S/C10H20OSi/c1-3-12(11-2)9-10-7-5-4-6-8-10/h3,10,12H,1,4-9H2,2H3. The first-order valence-electron chi connectivity index (χ1n) is 5.02. The first kappa shape index (κ1) is 10.0. The lowest BCUT2D eigenvalue weighted by Gasteiger charge is -2.23. The van der Waals surface area contributed by atoms with E-state index in [1.165, 1.54) is 38.1 Å². The molecule has 1 atom stereocenters. The second-order valence-electron chi connectivity index (χ2n) is 3.75. The van der Waals surface area contributed by atoms with Crippen molar-refractivity contribution in [3.05, 3.63) is 12.3 Å². The van der Waals surface area contributed by atoms with Gasteiger partial charge in [0.25, 0.3) is 0 Å². The molecule has 1 aliphatic carbocycles. The van der Waals surface area contributed by atoms with Crippen LogP contribution in [0.15, 0.2) is 12.3 Å². The lowest BCUT2D eigenvalue weighted by Crippen LogP contribution is -2.19. The summed E-state index contributed by atoms with van der Waals surface area (Å²) in [5.41, 5.74) is 2.06. The molecule has 0 bridgehead atoms. The summed E-state index contributed by atoms with van der Waals surface area (Å²) in [6, 6.07) is 1.32. The summed E-state index contributed by atoms with van der Waals surface area (Å²) in [5.74, 6) is 0.952. The van der Waals surface area contributed by atoms with Gasteiger partial charge in [-0.25, -0.2) is 0 Å². The number of hydrogen-bond acceptors (Lipinski definition) is 1. The zero-order chi connectivity index (χ0) is 8.81. The molecule has 1 saturated carbocycles. The maximum absolute atomic E-state index is 5.42. The highest BCUT2D eigenvalue weighted by Crippen LogP contribution is 2.27. The third-order valence-corrected chi connectivity index (χ3v) is 5.12. The van der Waals surface area contributed by atoms with Gasteiger partial charge < -0.3 is 4.43 Å². The predicted molar refractivity (Wildman–Crippen MR) is 55.7 cm³/mol. The van der Waals surface area contributed by atoms with E-state index in [0.717, 1.165) is 5.92 Å². The molecule has 0 heterocycles. The molecule has 0 aliphatic heterocycles. The van der Waals surface area contributed by atoms with Gasteiger partial charge in [0.2, 0.25) is 0 Å². The van der Waals surface area contributed by atoms with Crippen molar-refractivity contribution < 1.29 is 4.43 Å². The molecule has 1 aliphatic rings. The maximum atomic E-state index is 5.42. The summed E-state index contributed by atoms with van der Waals surface area (Å²) in [6.07, 6.45) is 7.19. The molecule has 1 nitrogen and oxygen atoms in total. The topological polar surface area (TPSA) is 9.23 Å². The molecule has 12 heavy (non-hydrogen) atoms. The first-order chi connectivity index (χ1) is 5.86. The average molecular weight is 184 g/mol. The van der Waals surface area contributed by atoms with Crippen molar-refractivity contribution in [3.8, 4) is 0 Å². The summed E-state index contributed by atoms with van der Waals surface area (Å²) < 4.78 is 5.42. The fourth-order valence-corrected chi connectivity index (χ4v) is 3.75. The Bertz CT molecular complexity index is 130. The van der Waals surface area contributed by atoms with Crippen LogP contribution in [-0.2, 0) is 4.43 Å². The molecule has 70 valence electrons.